The van der Waals surface area contributed by atoms with Gasteiger partial charge in [-0.2, -0.15) is 0 Å². The third kappa shape index (κ3) is 4.45. The smallest absolute Gasteiger partial charge is 0.410 e. The van der Waals surface area contributed by atoms with Crippen LogP contribution in [0.2, 0.25) is 0 Å². The van der Waals surface area contributed by atoms with Gasteiger partial charge < -0.3 is 14.1 Å². The molecule has 30 heavy (non-hydrogen) atoms. The molecular formula is C23H31N3O4. The number of carbonyl (C=O) groups is 2. The molecule has 2 aliphatic rings. The molecule has 7 nitrogen and oxygen atoms in total. The Bertz CT molecular complexity index is 884. The van der Waals surface area contributed by atoms with Crippen LogP contribution >= 0.6 is 0 Å². The quantitative estimate of drug-likeness (QED) is 0.733. The highest BCUT2D eigenvalue weighted by Crippen LogP contribution is 2.30. The second-order valence-corrected chi connectivity index (χ2v) is 9.33. The minimum Gasteiger partial charge on any atom is -0.444 e. The summed E-state index contributed by atoms with van der Waals surface area (Å²) < 4.78 is 11.5. The van der Waals surface area contributed by atoms with Crippen molar-refractivity contribution in [1.29, 1.82) is 0 Å². The number of aromatic nitrogens is 1. The molecular weight excluding hydrogens is 382 g/mol. The molecule has 1 aromatic heterocycles. The van der Waals surface area contributed by atoms with Gasteiger partial charge in [0.05, 0.1) is 5.92 Å². The number of hydrogen-bond donors (Lipinski definition) is 0. The molecule has 2 fully saturated rings. The lowest BCUT2D eigenvalue weighted by molar-refractivity contribution is -0.139. The summed E-state index contributed by atoms with van der Waals surface area (Å²) >= 11 is 0. The number of para-hydroxylation sites is 2. The molecule has 0 N–H and O–H groups in total. The van der Waals surface area contributed by atoms with Gasteiger partial charge in [0.25, 0.3) is 0 Å². The normalized spacial score (nSPS) is 22.9. The summed E-state index contributed by atoms with van der Waals surface area (Å²) in [6.07, 6.45) is 3.97. The van der Waals surface area contributed by atoms with Crippen LogP contribution in [0, 0.1) is 0 Å². The third-order valence-corrected chi connectivity index (χ3v) is 5.81. The largest absolute Gasteiger partial charge is 0.444 e. The summed E-state index contributed by atoms with van der Waals surface area (Å²) in [5.41, 5.74) is 1.05. The molecule has 0 spiro atoms. The molecule has 0 radical (unpaired) electrons. The summed E-state index contributed by atoms with van der Waals surface area (Å²) in [5.74, 6) is 0.788. The van der Waals surface area contributed by atoms with Crippen molar-refractivity contribution in [3.8, 4) is 0 Å². The SMILES string of the molecule is CC(C)(C)OC(=O)N1CCCC[C@@H]1C(=O)N1CCC[C@@H](c2nc3ccccc3o2)C1. The van der Waals surface area contributed by atoms with Gasteiger partial charge in [0.1, 0.15) is 17.2 Å². The van der Waals surface area contributed by atoms with Crippen molar-refractivity contribution in [2.24, 2.45) is 0 Å². The molecule has 0 saturated carbocycles. The Labute approximate surface area is 177 Å². The number of hydrogen-bond acceptors (Lipinski definition) is 5. The van der Waals surface area contributed by atoms with Gasteiger partial charge in [0, 0.05) is 19.6 Å². The lowest BCUT2D eigenvalue weighted by Gasteiger charge is -2.40. The van der Waals surface area contributed by atoms with Crippen molar-refractivity contribution in [2.45, 2.75) is 70.4 Å². The molecule has 0 aliphatic carbocycles. The van der Waals surface area contributed by atoms with Crippen LogP contribution in [-0.2, 0) is 9.53 Å². The lowest BCUT2D eigenvalue weighted by Crippen LogP contribution is -2.55. The predicted octanol–water partition coefficient (Wildman–Crippen LogP) is 4.32. The Kier molecular flexibility index (Phi) is 5.71. The van der Waals surface area contributed by atoms with Crippen molar-refractivity contribution in [3.63, 3.8) is 0 Å². The number of piperidine rings is 2. The summed E-state index contributed by atoms with van der Waals surface area (Å²) in [7, 11) is 0. The van der Waals surface area contributed by atoms with Crippen LogP contribution in [0.15, 0.2) is 28.7 Å². The minimum atomic E-state index is -0.578. The number of nitrogens with zero attached hydrogens (tertiary/aromatic N) is 3. The Morgan fingerprint density at radius 1 is 1.10 bits per heavy atom. The van der Waals surface area contributed by atoms with Gasteiger partial charge in [-0.1, -0.05) is 12.1 Å². The Hall–Kier alpha value is -2.57. The highest BCUT2D eigenvalue weighted by atomic mass is 16.6. The van der Waals surface area contributed by atoms with Crippen LogP contribution in [-0.4, -0.2) is 58.1 Å². The summed E-state index contributed by atoms with van der Waals surface area (Å²) in [5, 5.41) is 0. The Balaban J connectivity index is 1.47. The Morgan fingerprint density at radius 2 is 1.90 bits per heavy atom. The maximum absolute atomic E-state index is 13.4. The second kappa shape index (κ2) is 8.28. The first-order chi connectivity index (χ1) is 14.3. The molecule has 162 valence electrons. The first kappa shape index (κ1) is 20.7. The molecule has 1 aromatic carbocycles. The third-order valence-electron chi connectivity index (χ3n) is 5.81. The summed E-state index contributed by atoms with van der Waals surface area (Å²) in [6.45, 7) is 7.38. The number of carbonyl (C=O) groups excluding carboxylic acids is 2. The van der Waals surface area contributed by atoms with Gasteiger partial charge in [-0.15, -0.1) is 0 Å². The highest BCUT2D eigenvalue weighted by molar-refractivity contribution is 5.86. The zero-order valence-corrected chi connectivity index (χ0v) is 18.1. The zero-order valence-electron chi connectivity index (χ0n) is 18.1. The van der Waals surface area contributed by atoms with Gasteiger partial charge in [-0.05, 0) is 65.0 Å². The number of benzene rings is 1. The number of oxazole rings is 1. The molecule has 7 heteroatoms. The summed E-state index contributed by atoms with van der Waals surface area (Å²) in [4.78, 5) is 34.3. The van der Waals surface area contributed by atoms with Gasteiger partial charge in [-0.3, -0.25) is 9.69 Å². The number of rotatable bonds is 2. The number of ether oxygens (including phenoxy) is 1. The van der Waals surface area contributed by atoms with Crippen LogP contribution in [0.3, 0.4) is 0 Å². The van der Waals surface area contributed by atoms with Crippen LogP contribution in [0.5, 0.6) is 0 Å². The molecule has 3 heterocycles. The maximum atomic E-state index is 13.4. The van der Waals surface area contributed by atoms with E-state index in [4.69, 9.17) is 9.15 Å². The van der Waals surface area contributed by atoms with E-state index in [2.05, 4.69) is 4.98 Å². The van der Waals surface area contributed by atoms with Crippen LogP contribution < -0.4 is 0 Å². The zero-order chi connectivity index (χ0) is 21.3. The number of amides is 2. The lowest BCUT2D eigenvalue weighted by atomic mass is 9.95. The van der Waals surface area contributed by atoms with E-state index >= 15 is 0 Å². The topological polar surface area (TPSA) is 75.9 Å². The monoisotopic (exact) mass is 413 g/mol. The van der Waals surface area contributed by atoms with Crippen LogP contribution in [0.4, 0.5) is 4.79 Å². The standard InChI is InChI=1S/C23H31N3O4/c1-23(2,3)30-22(28)26-14-7-6-11-18(26)21(27)25-13-8-9-16(15-25)20-24-17-10-4-5-12-19(17)29-20/h4-5,10,12,16,18H,6-9,11,13-15H2,1-3H3/t16-,18-/m1/s1. The number of fused-ring (bicyclic) bond motifs is 1. The molecule has 2 aliphatic heterocycles. The first-order valence-electron chi connectivity index (χ1n) is 11.0. The van der Waals surface area contributed by atoms with Gasteiger partial charge in [0.15, 0.2) is 11.5 Å². The van der Waals surface area contributed by atoms with Gasteiger partial charge >= 0.3 is 6.09 Å². The second-order valence-electron chi connectivity index (χ2n) is 9.33. The molecule has 2 atom stereocenters. The van der Waals surface area contributed by atoms with Gasteiger partial charge in [-0.25, -0.2) is 9.78 Å². The Morgan fingerprint density at radius 3 is 2.67 bits per heavy atom. The van der Waals surface area contributed by atoms with Gasteiger partial charge in [0.2, 0.25) is 5.91 Å². The van der Waals surface area contributed by atoms with Crippen LogP contribution in [0.25, 0.3) is 11.1 Å². The first-order valence-corrected chi connectivity index (χ1v) is 11.0. The molecule has 0 bridgehead atoms. The minimum absolute atomic E-state index is 0.0152. The van der Waals surface area contributed by atoms with E-state index in [0.717, 1.165) is 36.8 Å². The van der Waals surface area contributed by atoms with E-state index < -0.39 is 17.7 Å². The highest BCUT2D eigenvalue weighted by Gasteiger charge is 2.38. The fourth-order valence-corrected chi connectivity index (χ4v) is 4.38. The van der Waals surface area contributed by atoms with Crippen LogP contribution in [0.1, 0.15) is 64.7 Å². The molecule has 2 aromatic rings. The molecule has 4 rings (SSSR count). The van der Waals surface area contributed by atoms with E-state index in [-0.39, 0.29) is 11.8 Å². The van der Waals surface area contributed by atoms with Crippen molar-refractivity contribution < 1.29 is 18.7 Å². The van der Waals surface area contributed by atoms with E-state index in [0.29, 0.717) is 31.9 Å². The maximum Gasteiger partial charge on any atom is 0.410 e. The summed E-state index contributed by atoms with van der Waals surface area (Å²) in [6, 6.07) is 7.28. The van der Waals surface area contributed by atoms with Crippen molar-refractivity contribution in [3.05, 3.63) is 30.2 Å². The van der Waals surface area contributed by atoms with E-state index in [1.165, 1.54) is 0 Å². The number of likely N-dealkylation sites (tertiary alicyclic amines) is 2. The average molecular weight is 414 g/mol. The fourth-order valence-electron chi connectivity index (χ4n) is 4.38. The molecule has 2 saturated heterocycles. The van der Waals surface area contributed by atoms with E-state index in [1.807, 2.05) is 49.9 Å². The predicted molar refractivity (Wildman–Crippen MR) is 113 cm³/mol. The van der Waals surface area contributed by atoms with Crippen molar-refractivity contribution >= 4 is 23.1 Å². The molecule has 2 amide bonds. The van der Waals surface area contributed by atoms with E-state index in [1.54, 1.807) is 4.90 Å². The average Bonchev–Trinajstić information content (AvgIpc) is 3.16. The van der Waals surface area contributed by atoms with Crippen molar-refractivity contribution in [2.75, 3.05) is 19.6 Å². The van der Waals surface area contributed by atoms with E-state index in [9.17, 15) is 9.59 Å². The molecule has 0 unspecified atom stereocenters. The van der Waals surface area contributed by atoms with Crippen molar-refractivity contribution in [1.82, 2.24) is 14.8 Å². The fraction of sp³-hybridized carbons (Fsp3) is 0.609.